The normalized spacial score (nSPS) is 20.4. The van der Waals surface area contributed by atoms with E-state index in [1.165, 1.54) is 0 Å². The van der Waals surface area contributed by atoms with Crippen LogP contribution in [0.3, 0.4) is 0 Å². The molecule has 1 saturated heterocycles. The van der Waals surface area contributed by atoms with Gasteiger partial charge in [-0.25, -0.2) is 4.98 Å². The molecule has 2 heterocycles. The summed E-state index contributed by atoms with van der Waals surface area (Å²) >= 11 is 0. The fourth-order valence-electron chi connectivity index (χ4n) is 2.26. The first-order valence-corrected chi connectivity index (χ1v) is 5.68. The van der Waals surface area contributed by atoms with Crippen molar-refractivity contribution in [1.82, 2.24) is 14.9 Å². The molecule has 3 N–H and O–H groups in total. The molecule has 1 atom stereocenters. The van der Waals surface area contributed by atoms with E-state index >= 15 is 0 Å². The topological polar surface area (TPSA) is 75.0 Å². The minimum absolute atomic E-state index is 0.0154. The Morgan fingerprint density at radius 2 is 2.41 bits per heavy atom. The molecule has 5 nitrogen and oxygen atoms in total. The molecule has 1 aliphatic heterocycles. The molecule has 1 unspecified atom stereocenters. The number of nitrogens with zero attached hydrogens (tertiary/aromatic N) is 2. The van der Waals surface area contributed by atoms with Gasteiger partial charge in [0.05, 0.1) is 17.4 Å². The molecule has 1 fully saturated rings. The van der Waals surface area contributed by atoms with E-state index < -0.39 is 0 Å². The number of H-pyrrole nitrogens is 1. The van der Waals surface area contributed by atoms with Gasteiger partial charge in [0.25, 0.3) is 0 Å². The Morgan fingerprint density at radius 1 is 1.53 bits per heavy atom. The largest absolute Gasteiger partial charge is 0.345 e. The van der Waals surface area contributed by atoms with Crippen molar-refractivity contribution in [2.75, 3.05) is 6.54 Å². The third kappa shape index (κ3) is 1.89. The molecular formula is C12H14N4O. The van der Waals surface area contributed by atoms with Crippen LogP contribution >= 0.6 is 0 Å². The molecule has 17 heavy (non-hydrogen) atoms. The summed E-state index contributed by atoms with van der Waals surface area (Å²) in [5.41, 5.74) is 8.81. The van der Waals surface area contributed by atoms with Gasteiger partial charge in [0, 0.05) is 25.6 Å². The van der Waals surface area contributed by atoms with Crippen molar-refractivity contribution in [1.29, 1.82) is 0 Å². The van der Waals surface area contributed by atoms with Crippen molar-refractivity contribution in [3.63, 3.8) is 0 Å². The van der Waals surface area contributed by atoms with Crippen molar-refractivity contribution < 1.29 is 4.79 Å². The van der Waals surface area contributed by atoms with Crippen LogP contribution in [0, 0.1) is 0 Å². The van der Waals surface area contributed by atoms with Gasteiger partial charge in [0.1, 0.15) is 0 Å². The van der Waals surface area contributed by atoms with Crippen LogP contribution in [0.1, 0.15) is 12.0 Å². The lowest BCUT2D eigenvalue weighted by molar-refractivity contribution is -0.128. The molecule has 88 valence electrons. The van der Waals surface area contributed by atoms with E-state index in [0.717, 1.165) is 16.6 Å². The maximum absolute atomic E-state index is 11.6. The lowest BCUT2D eigenvalue weighted by Gasteiger charge is -2.15. The van der Waals surface area contributed by atoms with Crippen LogP contribution < -0.4 is 5.73 Å². The summed E-state index contributed by atoms with van der Waals surface area (Å²) in [5.74, 6) is 0.141. The molecule has 1 amide bonds. The van der Waals surface area contributed by atoms with Crippen molar-refractivity contribution in [2.24, 2.45) is 5.73 Å². The van der Waals surface area contributed by atoms with Crippen molar-refractivity contribution in [3.05, 3.63) is 30.1 Å². The Kier molecular flexibility index (Phi) is 2.33. The average molecular weight is 230 g/mol. The quantitative estimate of drug-likeness (QED) is 0.794. The number of fused-ring (bicyclic) bond motifs is 1. The molecule has 0 bridgehead atoms. The molecule has 5 heteroatoms. The van der Waals surface area contributed by atoms with Gasteiger partial charge in [-0.3, -0.25) is 4.79 Å². The minimum Gasteiger partial charge on any atom is -0.345 e. The molecule has 2 aromatic rings. The molecule has 1 aromatic carbocycles. The first-order chi connectivity index (χ1) is 8.22. The van der Waals surface area contributed by atoms with Gasteiger partial charge in [-0.05, 0) is 17.7 Å². The Bertz CT molecular complexity index is 562. The zero-order chi connectivity index (χ0) is 11.8. The second kappa shape index (κ2) is 3.85. The summed E-state index contributed by atoms with van der Waals surface area (Å²) in [6, 6.07) is 5.97. The summed E-state index contributed by atoms with van der Waals surface area (Å²) in [4.78, 5) is 20.7. The number of rotatable bonds is 2. The second-order valence-electron chi connectivity index (χ2n) is 4.49. The summed E-state index contributed by atoms with van der Waals surface area (Å²) in [6.07, 6.45) is 2.14. The van der Waals surface area contributed by atoms with Gasteiger partial charge in [-0.1, -0.05) is 6.07 Å². The van der Waals surface area contributed by atoms with Crippen LogP contribution in [0.25, 0.3) is 11.0 Å². The zero-order valence-electron chi connectivity index (χ0n) is 9.39. The number of aromatic nitrogens is 2. The third-order valence-corrected chi connectivity index (χ3v) is 3.10. The number of likely N-dealkylation sites (tertiary alicyclic amines) is 1. The van der Waals surface area contributed by atoms with E-state index in [0.29, 0.717) is 19.5 Å². The highest BCUT2D eigenvalue weighted by Gasteiger charge is 2.26. The summed E-state index contributed by atoms with van der Waals surface area (Å²) in [7, 11) is 0. The number of imidazole rings is 1. The van der Waals surface area contributed by atoms with Crippen molar-refractivity contribution >= 4 is 16.9 Å². The fraction of sp³-hybridized carbons (Fsp3) is 0.333. The first-order valence-electron chi connectivity index (χ1n) is 5.68. The predicted octanol–water partition coefficient (Wildman–Crippen LogP) is 0.622. The lowest BCUT2D eigenvalue weighted by Crippen LogP contribution is -2.27. The van der Waals surface area contributed by atoms with Gasteiger partial charge >= 0.3 is 0 Å². The van der Waals surface area contributed by atoms with Crippen LogP contribution in [-0.4, -0.2) is 33.4 Å². The van der Waals surface area contributed by atoms with E-state index in [9.17, 15) is 4.79 Å². The highest BCUT2D eigenvalue weighted by Crippen LogP contribution is 2.17. The number of nitrogens with two attached hydrogens (primary N) is 1. The van der Waals surface area contributed by atoms with Crippen LogP contribution in [-0.2, 0) is 11.3 Å². The Labute approximate surface area is 98.6 Å². The number of carbonyl (C=O) groups is 1. The Morgan fingerprint density at radius 3 is 3.18 bits per heavy atom. The SMILES string of the molecule is NC1CC(=O)N(Cc2ccc3nc[nH]c3c2)C1. The predicted molar refractivity (Wildman–Crippen MR) is 64.1 cm³/mol. The third-order valence-electron chi connectivity index (χ3n) is 3.10. The van der Waals surface area contributed by atoms with Crippen LogP contribution in [0.4, 0.5) is 0 Å². The number of benzene rings is 1. The highest BCUT2D eigenvalue weighted by molar-refractivity contribution is 5.79. The van der Waals surface area contributed by atoms with Gasteiger partial charge in [-0.15, -0.1) is 0 Å². The first kappa shape index (κ1) is 10.3. The summed E-state index contributed by atoms with van der Waals surface area (Å²) in [5, 5.41) is 0. The summed E-state index contributed by atoms with van der Waals surface area (Å²) < 4.78 is 0. The van der Waals surface area contributed by atoms with E-state index in [2.05, 4.69) is 9.97 Å². The lowest BCUT2D eigenvalue weighted by atomic mass is 10.2. The molecule has 0 saturated carbocycles. The molecular weight excluding hydrogens is 216 g/mol. The van der Waals surface area contributed by atoms with Gasteiger partial charge in [0.15, 0.2) is 0 Å². The summed E-state index contributed by atoms with van der Waals surface area (Å²) in [6.45, 7) is 1.28. The maximum atomic E-state index is 11.6. The second-order valence-corrected chi connectivity index (χ2v) is 4.49. The van der Waals surface area contributed by atoms with Crippen LogP contribution in [0.15, 0.2) is 24.5 Å². The number of hydrogen-bond donors (Lipinski definition) is 2. The highest BCUT2D eigenvalue weighted by atomic mass is 16.2. The number of carbonyl (C=O) groups excluding carboxylic acids is 1. The minimum atomic E-state index is -0.0154. The van der Waals surface area contributed by atoms with Gasteiger partial charge < -0.3 is 15.6 Å². The molecule has 1 aliphatic rings. The van der Waals surface area contributed by atoms with Crippen molar-refractivity contribution in [3.8, 4) is 0 Å². The Hall–Kier alpha value is -1.88. The standard InChI is InChI=1S/C12H14N4O/c13-9-4-12(17)16(6-9)5-8-1-2-10-11(3-8)15-7-14-10/h1-3,7,9H,4-6,13H2,(H,14,15). The van der Waals surface area contributed by atoms with E-state index in [-0.39, 0.29) is 11.9 Å². The van der Waals surface area contributed by atoms with Crippen LogP contribution in [0.5, 0.6) is 0 Å². The fourth-order valence-corrected chi connectivity index (χ4v) is 2.26. The molecule has 0 aliphatic carbocycles. The Balaban J connectivity index is 1.82. The van der Waals surface area contributed by atoms with E-state index in [1.807, 2.05) is 23.1 Å². The van der Waals surface area contributed by atoms with E-state index in [1.54, 1.807) is 6.33 Å². The average Bonchev–Trinajstić information content (AvgIpc) is 2.85. The number of nitrogens with one attached hydrogen (secondary N) is 1. The monoisotopic (exact) mass is 230 g/mol. The molecule has 1 aromatic heterocycles. The number of amides is 1. The van der Waals surface area contributed by atoms with Gasteiger partial charge in [-0.2, -0.15) is 0 Å². The molecule has 3 rings (SSSR count). The van der Waals surface area contributed by atoms with E-state index in [4.69, 9.17) is 5.73 Å². The van der Waals surface area contributed by atoms with Gasteiger partial charge in [0.2, 0.25) is 5.91 Å². The van der Waals surface area contributed by atoms with Crippen LogP contribution in [0.2, 0.25) is 0 Å². The molecule has 0 radical (unpaired) electrons. The zero-order valence-corrected chi connectivity index (χ0v) is 9.39. The number of aromatic amines is 1. The smallest absolute Gasteiger partial charge is 0.224 e. The van der Waals surface area contributed by atoms with Crippen molar-refractivity contribution in [2.45, 2.75) is 19.0 Å². The molecule has 0 spiro atoms. The maximum Gasteiger partial charge on any atom is 0.224 e. The number of hydrogen-bond acceptors (Lipinski definition) is 3.